The fourth-order valence-electron chi connectivity index (χ4n) is 2.16. The van der Waals surface area contributed by atoms with Crippen molar-refractivity contribution in [3.8, 4) is 11.5 Å². The van der Waals surface area contributed by atoms with Crippen molar-refractivity contribution in [3.63, 3.8) is 0 Å². The molecule has 146 valence electrons. The second-order valence-corrected chi connectivity index (χ2v) is 5.46. The highest BCUT2D eigenvalue weighted by atomic mass is 16.5. The fourth-order valence-corrected chi connectivity index (χ4v) is 2.16. The molecule has 0 radical (unpaired) electrons. The summed E-state index contributed by atoms with van der Waals surface area (Å²) in [6, 6.07) is 10.4. The van der Waals surface area contributed by atoms with Gasteiger partial charge in [0.25, 0.3) is 11.8 Å². The van der Waals surface area contributed by atoms with E-state index in [1.807, 2.05) is 0 Å². The Balaban J connectivity index is 1.84. The maximum absolute atomic E-state index is 12.1. The molecule has 2 N–H and O–H groups in total. The van der Waals surface area contributed by atoms with Crippen LogP contribution in [0.15, 0.2) is 47.6 Å². The highest BCUT2D eigenvalue weighted by molar-refractivity contribution is 5.97. The number of carboxylic acids is 1. The second-order valence-electron chi connectivity index (χ2n) is 5.46. The quantitative estimate of drug-likeness (QED) is 0.485. The van der Waals surface area contributed by atoms with E-state index in [0.717, 1.165) is 0 Å². The molecule has 0 fully saturated rings. The topological polar surface area (TPSA) is 129 Å². The van der Waals surface area contributed by atoms with Crippen molar-refractivity contribution in [1.82, 2.24) is 10.7 Å². The lowest BCUT2D eigenvalue weighted by molar-refractivity contribution is -0.255. The molecule has 2 aromatic rings. The minimum absolute atomic E-state index is 0.0408. The molecule has 9 heteroatoms. The molecule has 28 heavy (non-hydrogen) atoms. The minimum Gasteiger partial charge on any atom is -0.545 e. The van der Waals surface area contributed by atoms with Gasteiger partial charge in [0.1, 0.15) is 0 Å². The van der Waals surface area contributed by atoms with Gasteiger partial charge in [-0.05, 0) is 29.3 Å². The number of carbonyl (C=O) groups is 3. The molecular weight excluding hydrogens is 366 g/mol. The zero-order valence-corrected chi connectivity index (χ0v) is 15.2. The van der Waals surface area contributed by atoms with E-state index >= 15 is 0 Å². The van der Waals surface area contributed by atoms with Gasteiger partial charge in [0.15, 0.2) is 11.5 Å². The number of amides is 2. The van der Waals surface area contributed by atoms with Crippen LogP contribution < -0.4 is 25.3 Å². The first kappa shape index (κ1) is 20.4. The molecule has 2 rings (SSSR count). The van der Waals surface area contributed by atoms with Crippen molar-refractivity contribution < 1.29 is 29.0 Å². The standard InChI is InChI=1S/C19H19N3O6/c1-27-15-8-7-14(9-16(15)28-2)18(24)20-11-17(23)22-21-10-12-3-5-13(6-4-12)19(25)26/h3-10H,11H2,1-2H3,(H,20,24)(H,22,23)(H,25,26)/p-1/b21-10-. The van der Waals surface area contributed by atoms with Gasteiger partial charge in [-0.15, -0.1) is 0 Å². The van der Waals surface area contributed by atoms with Crippen LogP contribution in [0.3, 0.4) is 0 Å². The fraction of sp³-hybridized carbons (Fsp3) is 0.158. The van der Waals surface area contributed by atoms with Gasteiger partial charge in [-0.25, -0.2) is 5.43 Å². The number of benzene rings is 2. The smallest absolute Gasteiger partial charge is 0.259 e. The van der Waals surface area contributed by atoms with Crippen LogP contribution in [-0.2, 0) is 4.79 Å². The van der Waals surface area contributed by atoms with Crippen molar-refractivity contribution >= 4 is 24.0 Å². The number of hydrogen-bond acceptors (Lipinski definition) is 7. The van der Waals surface area contributed by atoms with E-state index in [1.165, 1.54) is 50.8 Å². The van der Waals surface area contributed by atoms with Crippen molar-refractivity contribution in [1.29, 1.82) is 0 Å². The third-order valence-electron chi connectivity index (χ3n) is 3.60. The molecule has 0 aliphatic carbocycles. The maximum atomic E-state index is 12.1. The summed E-state index contributed by atoms with van der Waals surface area (Å²) in [7, 11) is 2.94. The molecule has 0 bridgehead atoms. The number of ether oxygens (including phenoxy) is 2. The molecule has 0 spiro atoms. The Morgan fingerprint density at radius 1 is 1.00 bits per heavy atom. The van der Waals surface area contributed by atoms with E-state index in [-0.39, 0.29) is 12.1 Å². The number of hydrogen-bond donors (Lipinski definition) is 2. The second kappa shape index (κ2) is 9.72. The summed E-state index contributed by atoms with van der Waals surface area (Å²) in [6.45, 7) is -0.284. The third-order valence-corrected chi connectivity index (χ3v) is 3.60. The number of nitrogens with zero attached hydrogens (tertiary/aromatic N) is 1. The third kappa shape index (κ3) is 5.56. The number of nitrogens with one attached hydrogen (secondary N) is 2. The van der Waals surface area contributed by atoms with E-state index in [0.29, 0.717) is 22.6 Å². The number of rotatable bonds is 8. The van der Waals surface area contributed by atoms with Gasteiger partial charge in [0, 0.05) is 5.56 Å². The normalized spacial score (nSPS) is 10.4. The van der Waals surface area contributed by atoms with E-state index in [2.05, 4.69) is 15.8 Å². The van der Waals surface area contributed by atoms with E-state index in [1.54, 1.807) is 12.1 Å². The Kier molecular flexibility index (Phi) is 7.09. The van der Waals surface area contributed by atoms with Crippen LogP contribution in [0.2, 0.25) is 0 Å². The Hall–Kier alpha value is -3.88. The van der Waals surface area contributed by atoms with Crippen LogP contribution in [0.5, 0.6) is 11.5 Å². The summed E-state index contributed by atoms with van der Waals surface area (Å²) in [6.07, 6.45) is 1.34. The van der Waals surface area contributed by atoms with Gasteiger partial charge < -0.3 is 24.7 Å². The molecule has 0 aromatic heterocycles. The lowest BCUT2D eigenvalue weighted by Crippen LogP contribution is -2.34. The Bertz CT molecular complexity index is 893. The average molecular weight is 384 g/mol. The van der Waals surface area contributed by atoms with Gasteiger partial charge in [-0.1, -0.05) is 24.3 Å². The SMILES string of the molecule is COc1ccc(C(=O)NCC(=O)N/N=C\c2ccc(C(=O)[O-])cc2)cc1OC. The molecule has 0 saturated heterocycles. The molecule has 0 unspecified atom stereocenters. The summed E-state index contributed by atoms with van der Waals surface area (Å²) in [5.41, 5.74) is 3.19. The number of carboxylic acid groups (broad SMARTS) is 1. The Labute approximate surface area is 161 Å². The summed E-state index contributed by atoms with van der Waals surface area (Å²) in [5.74, 6) is -1.39. The first-order valence-corrected chi connectivity index (χ1v) is 8.08. The number of hydrazone groups is 1. The van der Waals surface area contributed by atoms with Crippen LogP contribution in [0.1, 0.15) is 26.3 Å². The van der Waals surface area contributed by atoms with Crippen molar-refractivity contribution in [2.45, 2.75) is 0 Å². The predicted octanol–water partition coefficient (Wildman–Crippen LogP) is -0.0526. The average Bonchev–Trinajstić information content (AvgIpc) is 2.71. The monoisotopic (exact) mass is 384 g/mol. The van der Waals surface area contributed by atoms with Crippen LogP contribution in [0, 0.1) is 0 Å². The first-order valence-electron chi connectivity index (χ1n) is 8.08. The van der Waals surface area contributed by atoms with Crippen molar-refractivity contribution in [3.05, 3.63) is 59.2 Å². The van der Waals surface area contributed by atoms with Gasteiger partial charge in [-0.2, -0.15) is 5.10 Å². The van der Waals surface area contributed by atoms with Crippen molar-refractivity contribution in [2.24, 2.45) is 5.10 Å². The van der Waals surface area contributed by atoms with Gasteiger partial charge >= 0.3 is 0 Å². The highest BCUT2D eigenvalue weighted by Gasteiger charge is 2.11. The minimum atomic E-state index is -1.28. The summed E-state index contributed by atoms with van der Waals surface area (Å²) >= 11 is 0. The molecule has 0 aliphatic heterocycles. The van der Waals surface area contributed by atoms with Gasteiger partial charge in [-0.3, -0.25) is 9.59 Å². The predicted molar refractivity (Wildman–Crippen MR) is 98.4 cm³/mol. The molecule has 0 atom stereocenters. The summed E-state index contributed by atoms with van der Waals surface area (Å²) < 4.78 is 10.2. The van der Waals surface area contributed by atoms with E-state index in [9.17, 15) is 19.5 Å². The van der Waals surface area contributed by atoms with Gasteiger partial charge in [0.2, 0.25) is 0 Å². The van der Waals surface area contributed by atoms with Crippen LogP contribution in [-0.4, -0.2) is 44.8 Å². The molecular formula is C19H18N3O6-. The largest absolute Gasteiger partial charge is 0.545 e. The highest BCUT2D eigenvalue weighted by Crippen LogP contribution is 2.27. The maximum Gasteiger partial charge on any atom is 0.259 e. The van der Waals surface area contributed by atoms with E-state index in [4.69, 9.17) is 9.47 Å². The number of aromatic carboxylic acids is 1. The Morgan fingerprint density at radius 3 is 2.25 bits per heavy atom. The zero-order chi connectivity index (χ0) is 20.5. The molecule has 0 saturated carbocycles. The van der Waals surface area contributed by atoms with Crippen LogP contribution in [0.25, 0.3) is 0 Å². The number of methoxy groups -OCH3 is 2. The number of carbonyl (C=O) groups excluding carboxylic acids is 3. The molecule has 0 aliphatic rings. The van der Waals surface area contributed by atoms with Gasteiger partial charge in [0.05, 0.1) is 32.9 Å². The molecule has 2 aromatic carbocycles. The molecule has 9 nitrogen and oxygen atoms in total. The van der Waals surface area contributed by atoms with Crippen LogP contribution >= 0.6 is 0 Å². The first-order chi connectivity index (χ1) is 13.4. The van der Waals surface area contributed by atoms with Crippen LogP contribution in [0.4, 0.5) is 0 Å². The lowest BCUT2D eigenvalue weighted by atomic mass is 10.1. The molecule has 2 amide bonds. The summed E-state index contributed by atoms with van der Waals surface area (Å²) in [5, 5.41) is 16.9. The zero-order valence-electron chi connectivity index (χ0n) is 15.2. The lowest BCUT2D eigenvalue weighted by Gasteiger charge is -2.09. The Morgan fingerprint density at radius 2 is 1.64 bits per heavy atom. The molecule has 0 heterocycles. The van der Waals surface area contributed by atoms with Crippen molar-refractivity contribution in [2.75, 3.05) is 20.8 Å². The van der Waals surface area contributed by atoms with E-state index < -0.39 is 17.8 Å². The summed E-state index contributed by atoms with van der Waals surface area (Å²) in [4.78, 5) is 34.5.